The molecule has 1 saturated heterocycles. The van der Waals surface area contributed by atoms with E-state index in [2.05, 4.69) is 14.9 Å². The maximum absolute atomic E-state index is 12.4. The van der Waals surface area contributed by atoms with Gasteiger partial charge in [0.15, 0.2) is 0 Å². The van der Waals surface area contributed by atoms with Crippen LogP contribution in [-0.2, 0) is 19.6 Å². The van der Waals surface area contributed by atoms with Crippen LogP contribution in [0.3, 0.4) is 0 Å². The van der Waals surface area contributed by atoms with Crippen LogP contribution in [-0.4, -0.2) is 65.7 Å². The molecule has 32 heavy (non-hydrogen) atoms. The van der Waals surface area contributed by atoms with Crippen molar-refractivity contribution in [2.24, 2.45) is 0 Å². The minimum Gasteiger partial charge on any atom is -0.497 e. The summed E-state index contributed by atoms with van der Waals surface area (Å²) in [6, 6.07) is 14.4. The maximum atomic E-state index is 12.4. The molecule has 8 nitrogen and oxygen atoms in total. The van der Waals surface area contributed by atoms with Crippen LogP contribution < -0.4 is 14.8 Å². The number of rotatable bonds is 10. The Labute approximate surface area is 190 Å². The molecule has 1 fully saturated rings. The number of aryl methyl sites for hydroxylation is 1. The van der Waals surface area contributed by atoms with E-state index < -0.39 is 10.0 Å². The molecular formula is C23H31N3O5S. The van der Waals surface area contributed by atoms with Gasteiger partial charge < -0.3 is 14.8 Å². The Morgan fingerprint density at radius 3 is 2.38 bits per heavy atom. The fraction of sp³-hybridized carbons (Fsp3) is 0.435. The number of morpholine rings is 1. The Bertz CT molecular complexity index is 972. The zero-order chi connectivity index (χ0) is 23.0. The lowest BCUT2D eigenvalue weighted by atomic mass is 10.0. The van der Waals surface area contributed by atoms with Crippen molar-refractivity contribution >= 4 is 15.9 Å². The predicted octanol–water partition coefficient (Wildman–Crippen LogP) is 1.86. The lowest BCUT2D eigenvalue weighted by Gasteiger charge is -2.35. The second-order valence-corrected chi connectivity index (χ2v) is 9.47. The fourth-order valence-electron chi connectivity index (χ4n) is 3.57. The van der Waals surface area contributed by atoms with Crippen molar-refractivity contribution in [2.45, 2.75) is 24.3 Å². The summed E-state index contributed by atoms with van der Waals surface area (Å²) in [7, 11) is -2.01. The molecule has 0 unspecified atom stereocenters. The summed E-state index contributed by atoms with van der Waals surface area (Å²) in [5.74, 6) is 0.572. The van der Waals surface area contributed by atoms with Crippen LogP contribution in [0.4, 0.5) is 0 Å². The van der Waals surface area contributed by atoms with Crippen molar-refractivity contribution in [3.8, 4) is 5.75 Å². The molecule has 1 aliphatic heterocycles. The molecule has 0 radical (unpaired) electrons. The minimum absolute atomic E-state index is 0.00185. The number of sulfonamides is 1. The lowest BCUT2D eigenvalue weighted by Crippen LogP contribution is -2.44. The number of carbonyl (C=O) groups excluding carboxylic acids is 1. The van der Waals surface area contributed by atoms with Crippen LogP contribution in [0.25, 0.3) is 0 Å². The first kappa shape index (κ1) is 24.2. The third kappa shape index (κ3) is 6.77. The smallest absolute Gasteiger partial charge is 0.240 e. The first-order valence-corrected chi connectivity index (χ1v) is 12.2. The normalized spacial score (nSPS) is 15.8. The molecule has 2 aromatic carbocycles. The fourth-order valence-corrected chi connectivity index (χ4v) is 4.60. The van der Waals surface area contributed by atoms with Crippen LogP contribution >= 0.6 is 0 Å². The van der Waals surface area contributed by atoms with Gasteiger partial charge in [0.25, 0.3) is 0 Å². The Morgan fingerprint density at radius 2 is 1.75 bits per heavy atom. The third-order valence-corrected chi connectivity index (χ3v) is 6.93. The van der Waals surface area contributed by atoms with Gasteiger partial charge >= 0.3 is 0 Å². The van der Waals surface area contributed by atoms with Crippen molar-refractivity contribution in [1.29, 1.82) is 0 Å². The largest absolute Gasteiger partial charge is 0.497 e. The van der Waals surface area contributed by atoms with Gasteiger partial charge in [0.05, 0.1) is 31.3 Å². The second kappa shape index (κ2) is 11.4. The second-order valence-electron chi connectivity index (χ2n) is 7.70. The first-order chi connectivity index (χ1) is 15.4. The van der Waals surface area contributed by atoms with E-state index in [1.807, 2.05) is 31.2 Å². The molecule has 2 N–H and O–H groups in total. The minimum atomic E-state index is -3.63. The number of methoxy groups -OCH3 is 1. The van der Waals surface area contributed by atoms with Gasteiger partial charge in [0.2, 0.25) is 15.9 Å². The summed E-state index contributed by atoms with van der Waals surface area (Å²) in [5.41, 5.74) is 2.06. The molecule has 3 rings (SSSR count). The van der Waals surface area contributed by atoms with E-state index in [9.17, 15) is 13.2 Å². The number of nitrogens with zero attached hydrogens (tertiary/aromatic N) is 1. The van der Waals surface area contributed by atoms with Gasteiger partial charge in [0.1, 0.15) is 5.75 Å². The molecule has 0 saturated carbocycles. The Hall–Kier alpha value is -2.46. The SMILES string of the molecule is COc1ccc([C@H](CNC(=O)CCNS(=O)(=O)c2ccc(C)cc2)N2CCOCC2)cc1. The highest BCUT2D eigenvalue weighted by Crippen LogP contribution is 2.23. The van der Waals surface area contributed by atoms with Crippen molar-refractivity contribution in [1.82, 2.24) is 14.9 Å². The molecule has 0 aromatic heterocycles. The summed E-state index contributed by atoms with van der Waals surface area (Å²) in [5, 5.41) is 2.95. The molecule has 0 spiro atoms. The highest BCUT2D eigenvalue weighted by Gasteiger charge is 2.23. The number of carbonyl (C=O) groups is 1. The maximum Gasteiger partial charge on any atom is 0.240 e. The van der Waals surface area contributed by atoms with E-state index in [0.29, 0.717) is 19.8 Å². The number of nitrogens with one attached hydrogen (secondary N) is 2. The molecule has 2 aromatic rings. The van der Waals surface area contributed by atoms with Gasteiger partial charge in [-0.1, -0.05) is 29.8 Å². The zero-order valence-electron chi connectivity index (χ0n) is 18.5. The lowest BCUT2D eigenvalue weighted by molar-refractivity contribution is -0.121. The molecule has 0 bridgehead atoms. The number of hydrogen-bond donors (Lipinski definition) is 2. The summed E-state index contributed by atoms with van der Waals surface area (Å²) in [6.45, 7) is 5.22. The van der Waals surface area contributed by atoms with E-state index in [1.54, 1.807) is 31.4 Å². The van der Waals surface area contributed by atoms with Gasteiger partial charge in [-0.25, -0.2) is 13.1 Å². The number of hydrogen-bond acceptors (Lipinski definition) is 6. The van der Waals surface area contributed by atoms with Gasteiger partial charge in [-0.05, 0) is 36.8 Å². The monoisotopic (exact) mass is 461 g/mol. The molecule has 1 atom stereocenters. The van der Waals surface area contributed by atoms with Crippen LogP contribution in [0, 0.1) is 6.92 Å². The van der Waals surface area contributed by atoms with Gasteiger partial charge in [0, 0.05) is 32.6 Å². The molecule has 9 heteroatoms. The Kier molecular flexibility index (Phi) is 8.63. The van der Waals surface area contributed by atoms with E-state index in [0.717, 1.165) is 30.0 Å². The molecule has 1 aliphatic rings. The van der Waals surface area contributed by atoms with E-state index in [4.69, 9.17) is 9.47 Å². The summed E-state index contributed by atoms with van der Waals surface area (Å²) in [6.07, 6.45) is 0.0591. The summed E-state index contributed by atoms with van der Waals surface area (Å²) in [4.78, 5) is 14.9. The average Bonchev–Trinajstić information content (AvgIpc) is 2.80. The molecular weight excluding hydrogens is 430 g/mol. The first-order valence-electron chi connectivity index (χ1n) is 10.7. The molecule has 1 amide bonds. The van der Waals surface area contributed by atoms with E-state index >= 15 is 0 Å². The topological polar surface area (TPSA) is 97.0 Å². The molecule has 174 valence electrons. The van der Waals surface area contributed by atoms with Crippen molar-refractivity contribution in [2.75, 3.05) is 46.5 Å². The van der Waals surface area contributed by atoms with Crippen molar-refractivity contribution in [3.05, 3.63) is 59.7 Å². The molecule has 0 aliphatic carbocycles. The van der Waals surface area contributed by atoms with E-state index in [1.165, 1.54) is 0 Å². The third-order valence-electron chi connectivity index (χ3n) is 5.46. The van der Waals surface area contributed by atoms with Gasteiger partial charge in [-0.2, -0.15) is 0 Å². The highest BCUT2D eigenvalue weighted by atomic mass is 32.2. The number of benzene rings is 2. The predicted molar refractivity (Wildman–Crippen MR) is 122 cm³/mol. The Morgan fingerprint density at radius 1 is 1.09 bits per heavy atom. The highest BCUT2D eigenvalue weighted by molar-refractivity contribution is 7.89. The van der Waals surface area contributed by atoms with Crippen molar-refractivity contribution < 1.29 is 22.7 Å². The van der Waals surface area contributed by atoms with Crippen LogP contribution in [0.2, 0.25) is 0 Å². The standard InChI is InChI=1S/C23H31N3O5S/c1-18-3-9-21(10-4-18)32(28,29)25-12-11-23(27)24-17-22(26-13-15-31-16-14-26)19-5-7-20(30-2)8-6-19/h3-10,22,25H,11-17H2,1-2H3,(H,24,27)/t22-/m0/s1. The van der Waals surface area contributed by atoms with Crippen LogP contribution in [0.1, 0.15) is 23.6 Å². The van der Waals surface area contributed by atoms with Crippen LogP contribution in [0.5, 0.6) is 5.75 Å². The van der Waals surface area contributed by atoms with Crippen molar-refractivity contribution in [3.63, 3.8) is 0 Å². The van der Waals surface area contributed by atoms with E-state index in [-0.39, 0.29) is 29.8 Å². The van der Waals surface area contributed by atoms with Crippen LogP contribution in [0.15, 0.2) is 53.4 Å². The average molecular weight is 462 g/mol. The number of ether oxygens (including phenoxy) is 2. The number of amides is 1. The summed E-state index contributed by atoms with van der Waals surface area (Å²) >= 11 is 0. The zero-order valence-corrected chi connectivity index (χ0v) is 19.4. The summed E-state index contributed by atoms with van der Waals surface area (Å²) < 4.78 is 37.9. The van der Waals surface area contributed by atoms with Gasteiger partial charge in [-0.15, -0.1) is 0 Å². The molecule has 1 heterocycles. The van der Waals surface area contributed by atoms with Gasteiger partial charge in [-0.3, -0.25) is 9.69 Å². The quantitative estimate of drug-likeness (QED) is 0.561. The Balaban J connectivity index is 1.54.